The van der Waals surface area contributed by atoms with Gasteiger partial charge in [0, 0.05) is 0 Å². The van der Waals surface area contributed by atoms with Crippen molar-refractivity contribution in [2.75, 3.05) is 0 Å². The first-order chi connectivity index (χ1) is 10.2. The molecule has 4 atom stereocenters. The third kappa shape index (κ3) is 1.48. The Morgan fingerprint density at radius 1 is 0.857 bits per heavy atom. The molecule has 3 heteroatoms. The van der Waals surface area contributed by atoms with Gasteiger partial charge in [-0.3, -0.25) is 0 Å². The lowest BCUT2D eigenvalue weighted by atomic mass is 9.84. The molecule has 5 rings (SSSR count). The van der Waals surface area contributed by atoms with E-state index in [4.69, 9.17) is 4.74 Å². The zero-order chi connectivity index (χ0) is 14.1. The van der Waals surface area contributed by atoms with Gasteiger partial charge < -0.3 is 14.9 Å². The summed E-state index contributed by atoms with van der Waals surface area (Å²) in [4.78, 5) is 0. The van der Waals surface area contributed by atoms with Gasteiger partial charge in [-0.05, 0) is 44.8 Å². The van der Waals surface area contributed by atoms with E-state index in [2.05, 4.69) is 24.3 Å². The highest BCUT2D eigenvalue weighted by atomic mass is 16.6. The van der Waals surface area contributed by atoms with Crippen LogP contribution in [0.1, 0.15) is 23.3 Å². The number of ether oxygens (including phenoxy) is 1. The summed E-state index contributed by atoms with van der Waals surface area (Å²) in [5, 5.41) is 24.9. The summed E-state index contributed by atoms with van der Waals surface area (Å²) in [7, 11) is 0. The summed E-state index contributed by atoms with van der Waals surface area (Å²) in [6.45, 7) is 0. The molecule has 0 saturated carbocycles. The third-order valence-corrected chi connectivity index (χ3v) is 4.75. The van der Waals surface area contributed by atoms with Crippen LogP contribution in [0.25, 0.3) is 21.5 Å². The lowest BCUT2D eigenvalue weighted by Gasteiger charge is -2.24. The van der Waals surface area contributed by atoms with E-state index < -0.39 is 12.2 Å². The lowest BCUT2D eigenvalue weighted by Crippen LogP contribution is -2.29. The van der Waals surface area contributed by atoms with Crippen molar-refractivity contribution in [2.24, 2.45) is 0 Å². The Hall–Kier alpha value is -1.94. The molecule has 0 unspecified atom stereocenters. The highest BCUT2D eigenvalue weighted by Gasteiger charge is 2.54. The number of rotatable bonds is 0. The Labute approximate surface area is 121 Å². The quantitative estimate of drug-likeness (QED) is 0.491. The van der Waals surface area contributed by atoms with Crippen LogP contribution in [-0.2, 0) is 4.74 Å². The number of fused-ring (bicyclic) bond motifs is 6. The molecule has 1 heterocycles. The van der Waals surface area contributed by atoms with Gasteiger partial charge in [0.25, 0.3) is 0 Å². The molecule has 3 aromatic rings. The molecular formula is C18H14O3. The number of benzene rings is 3. The fourth-order valence-electron chi connectivity index (χ4n) is 3.61. The van der Waals surface area contributed by atoms with Crippen LogP contribution in [0.5, 0.6) is 0 Å². The largest absolute Gasteiger partial charge is 0.387 e. The van der Waals surface area contributed by atoms with E-state index in [-0.39, 0.29) is 12.2 Å². The van der Waals surface area contributed by atoms with Gasteiger partial charge in [0.05, 0.1) is 0 Å². The van der Waals surface area contributed by atoms with Crippen LogP contribution >= 0.6 is 0 Å². The van der Waals surface area contributed by atoms with Gasteiger partial charge in [-0.25, -0.2) is 0 Å². The maximum Gasteiger partial charge on any atom is 0.118 e. The van der Waals surface area contributed by atoms with Gasteiger partial charge in [-0.2, -0.15) is 0 Å². The topological polar surface area (TPSA) is 53.0 Å². The Balaban J connectivity index is 1.87. The maximum absolute atomic E-state index is 10.3. The van der Waals surface area contributed by atoms with Crippen molar-refractivity contribution in [1.29, 1.82) is 0 Å². The van der Waals surface area contributed by atoms with Gasteiger partial charge in [0.2, 0.25) is 0 Å². The minimum absolute atomic E-state index is 0.0803. The van der Waals surface area contributed by atoms with E-state index in [0.717, 1.165) is 21.9 Å². The average molecular weight is 278 g/mol. The zero-order valence-corrected chi connectivity index (χ0v) is 11.2. The highest BCUT2D eigenvalue weighted by molar-refractivity contribution is 6.00. The molecule has 1 fully saturated rings. The lowest BCUT2D eigenvalue weighted by molar-refractivity contribution is 0.000106. The Bertz CT molecular complexity index is 886. The van der Waals surface area contributed by atoms with E-state index >= 15 is 0 Å². The van der Waals surface area contributed by atoms with Gasteiger partial charge in [-0.15, -0.1) is 0 Å². The number of aliphatic hydroxyl groups excluding tert-OH is 2. The van der Waals surface area contributed by atoms with E-state index in [9.17, 15) is 10.2 Å². The maximum atomic E-state index is 10.3. The molecule has 21 heavy (non-hydrogen) atoms. The summed E-state index contributed by atoms with van der Waals surface area (Å²) in [5.41, 5.74) is 1.84. The normalized spacial score (nSPS) is 30.2. The average Bonchev–Trinajstić information content (AvgIpc) is 3.30. The zero-order valence-electron chi connectivity index (χ0n) is 11.2. The van der Waals surface area contributed by atoms with Crippen LogP contribution in [0.2, 0.25) is 0 Å². The molecule has 2 aliphatic rings. The SMILES string of the molecule is O[C@H]1[C@@H]2O[C@@H]2c2c(ccc3cc4ccccc4cc23)[C@H]1O. The molecule has 0 bridgehead atoms. The molecule has 104 valence electrons. The molecule has 0 aromatic heterocycles. The molecule has 1 saturated heterocycles. The summed E-state index contributed by atoms with van der Waals surface area (Å²) in [6.07, 6.45) is -2.02. The van der Waals surface area contributed by atoms with Gasteiger partial charge >= 0.3 is 0 Å². The Kier molecular flexibility index (Phi) is 2.13. The summed E-state index contributed by atoms with van der Waals surface area (Å²) in [5.74, 6) is 0. The van der Waals surface area contributed by atoms with Gasteiger partial charge in [-0.1, -0.05) is 36.4 Å². The van der Waals surface area contributed by atoms with E-state index in [0.29, 0.717) is 0 Å². The second-order valence-corrected chi connectivity index (χ2v) is 5.95. The fraction of sp³-hybridized carbons (Fsp3) is 0.222. The minimum atomic E-state index is -0.861. The summed E-state index contributed by atoms with van der Waals surface area (Å²) in [6, 6.07) is 16.5. The van der Waals surface area contributed by atoms with Crippen molar-refractivity contribution in [2.45, 2.75) is 24.4 Å². The first kappa shape index (κ1) is 11.7. The van der Waals surface area contributed by atoms with Crippen molar-refractivity contribution < 1.29 is 14.9 Å². The van der Waals surface area contributed by atoms with Crippen molar-refractivity contribution in [3.63, 3.8) is 0 Å². The monoisotopic (exact) mass is 278 g/mol. The van der Waals surface area contributed by atoms with Crippen LogP contribution in [0, 0.1) is 0 Å². The van der Waals surface area contributed by atoms with Crippen molar-refractivity contribution in [3.05, 3.63) is 59.7 Å². The molecule has 2 N–H and O–H groups in total. The number of epoxide rings is 1. The molecule has 3 aromatic carbocycles. The van der Waals surface area contributed by atoms with Gasteiger partial charge in [0.15, 0.2) is 0 Å². The molecule has 0 amide bonds. The van der Waals surface area contributed by atoms with E-state index in [1.165, 1.54) is 10.8 Å². The van der Waals surface area contributed by atoms with Crippen LogP contribution in [0.3, 0.4) is 0 Å². The van der Waals surface area contributed by atoms with Crippen molar-refractivity contribution >= 4 is 21.5 Å². The molecule has 0 radical (unpaired) electrons. The standard InChI is InChI=1S/C18H14O3/c19-15-12-6-5-11-7-9-3-1-2-4-10(9)8-13(11)14(12)17-18(21-17)16(15)20/h1-8,15-20H/t15-,16-,17-,18+/m1/s1. The first-order valence-electron chi connectivity index (χ1n) is 7.21. The molecule has 0 spiro atoms. The molecular weight excluding hydrogens is 264 g/mol. The summed E-state index contributed by atoms with van der Waals surface area (Å²) >= 11 is 0. The predicted octanol–water partition coefficient (Wildman–Crippen LogP) is 2.84. The van der Waals surface area contributed by atoms with Crippen molar-refractivity contribution in [1.82, 2.24) is 0 Å². The van der Waals surface area contributed by atoms with Crippen LogP contribution in [-0.4, -0.2) is 22.4 Å². The molecule has 1 aliphatic carbocycles. The third-order valence-electron chi connectivity index (χ3n) is 4.75. The van der Waals surface area contributed by atoms with E-state index in [1.54, 1.807) is 0 Å². The van der Waals surface area contributed by atoms with E-state index in [1.807, 2.05) is 24.3 Å². The first-order valence-corrected chi connectivity index (χ1v) is 7.21. The second-order valence-electron chi connectivity index (χ2n) is 5.95. The number of hydrogen-bond donors (Lipinski definition) is 2. The number of aliphatic hydroxyl groups is 2. The van der Waals surface area contributed by atoms with Crippen LogP contribution in [0.4, 0.5) is 0 Å². The minimum Gasteiger partial charge on any atom is -0.387 e. The predicted molar refractivity (Wildman–Crippen MR) is 80.0 cm³/mol. The fourth-order valence-corrected chi connectivity index (χ4v) is 3.61. The van der Waals surface area contributed by atoms with Crippen molar-refractivity contribution in [3.8, 4) is 0 Å². The van der Waals surface area contributed by atoms with Crippen LogP contribution in [0.15, 0.2) is 48.5 Å². The number of hydrogen-bond acceptors (Lipinski definition) is 3. The molecule has 1 aliphatic heterocycles. The Morgan fingerprint density at radius 2 is 1.62 bits per heavy atom. The smallest absolute Gasteiger partial charge is 0.118 e. The molecule has 3 nitrogen and oxygen atoms in total. The second kappa shape index (κ2) is 3.83. The summed E-state index contributed by atoms with van der Waals surface area (Å²) < 4.78 is 5.60. The Morgan fingerprint density at radius 3 is 2.43 bits per heavy atom. The van der Waals surface area contributed by atoms with Crippen LogP contribution < -0.4 is 0 Å². The van der Waals surface area contributed by atoms with Gasteiger partial charge in [0.1, 0.15) is 24.4 Å². The highest BCUT2D eigenvalue weighted by Crippen LogP contribution is 2.53.